The zero-order valence-corrected chi connectivity index (χ0v) is 27.0. The Morgan fingerprint density at radius 2 is 1.50 bits per heavy atom. The molecule has 2 N–H and O–H groups in total. The van der Waals surface area contributed by atoms with E-state index >= 15 is 0 Å². The van der Waals surface area contributed by atoms with Crippen LogP contribution in [-0.2, 0) is 22.4 Å². The fourth-order valence-electron chi connectivity index (χ4n) is 7.41. The van der Waals surface area contributed by atoms with Gasteiger partial charge in [0.05, 0.1) is 18.8 Å². The van der Waals surface area contributed by atoms with Crippen molar-refractivity contribution < 1.29 is 24.5 Å². The molecular weight excluding hydrogens is 524 g/mol. The number of aliphatic hydroxyl groups is 2. The molecule has 0 amide bonds. The number of rotatable bonds is 23. The molecule has 1 fully saturated rings. The number of ether oxygens (including phenoxy) is 2. The predicted molar refractivity (Wildman–Crippen MR) is 172 cm³/mol. The van der Waals surface area contributed by atoms with E-state index in [4.69, 9.17) is 9.47 Å². The number of carbonyl (C=O) groups is 1. The van der Waals surface area contributed by atoms with E-state index < -0.39 is 0 Å². The number of unbranched alkanes of at least 4 members (excludes halogenated alkanes) is 13. The first-order chi connectivity index (χ1) is 20.5. The average Bonchev–Trinajstić information content (AvgIpc) is 3.29. The SMILES string of the molecule is CCCCCCCCCCCCCCOC(=O)COc1cccc2c1C[C@H]1C[C@@H](O)[C@H](CC[C@@H](O)CCCCC)[C@H]1C2. The third-order valence-corrected chi connectivity index (χ3v) is 9.93. The minimum Gasteiger partial charge on any atom is -0.482 e. The highest BCUT2D eigenvalue weighted by molar-refractivity contribution is 5.71. The summed E-state index contributed by atoms with van der Waals surface area (Å²) in [6.07, 6.45) is 23.5. The van der Waals surface area contributed by atoms with Crippen molar-refractivity contribution in [2.45, 2.75) is 161 Å². The summed E-state index contributed by atoms with van der Waals surface area (Å²) < 4.78 is 11.4. The van der Waals surface area contributed by atoms with Crippen molar-refractivity contribution in [3.63, 3.8) is 0 Å². The zero-order chi connectivity index (χ0) is 30.0. The number of hydrogen-bond donors (Lipinski definition) is 2. The number of aliphatic hydroxyl groups excluding tert-OH is 2. The van der Waals surface area contributed by atoms with Gasteiger partial charge in [-0.2, -0.15) is 0 Å². The van der Waals surface area contributed by atoms with E-state index in [1.54, 1.807) is 0 Å². The highest BCUT2D eigenvalue weighted by atomic mass is 16.6. The van der Waals surface area contributed by atoms with Crippen LogP contribution in [-0.4, -0.2) is 41.6 Å². The topological polar surface area (TPSA) is 76.0 Å². The lowest BCUT2D eigenvalue weighted by Crippen LogP contribution is -2.28. The van der Waals surface area contributed by atoms with Crippen LogP contribution in [0.25, 0.3) is 0 Å². The van der Waals surface area contributed by atoms with Crippen LogP contribution in [0.4, 0.5) is 0 Å². The van der Waals surface area contributed by atoms with Gasteiger partial charge >= 0.3 is 5.97 Å². The standard InChI is InChI=1S/C37H62O5/c1-3-5-7-8-9-10-11-12-13-14-15-17-24-41-37(40)28-42-36-21-18-19-29-25-33-30(26-34(29)36)27-35(39)32(33)23-22-31(38)20-16-6-4-2/h18-19,21,30-33,35,38-39H,3-17,20,22-28H2,1-2H3/t30-,31-,32+,33-,35+/m0/s1. The van der Waals surface area contributed by atoms with Crippen molar-refractivity contribution in [1.82, 2.24) is 0 Å². The average molecular weight is 587 g/mol. The molecule has 1 aromatic rings. The Balaban J connectivity index is 1.31. The van der Waals surface area contributed by atoms with Gasteiger partial charge in [-0.1, -0.05) is 116 Å². The minimum atomic E-state index is -0.295. The van der Waals surface area contributed by atoms with Crippen LogP contribution in [0.1, 0.15) is 147 Å². The second-order valence-electron chi connectivity index (χ2n) is 13.3. The molecule has 2 aliphatic rings. The van der Waals surface area contributed by atoms with E-state index in [9.17, 15) is 15.0 Å². The molecule has 0 saturated heterocycles. The normalized spacial score (nSPS) is 22.0. The van der Waals surface area contributed by atoms with Gasteiger partial charge in [0.15, 0.2) is 6.61 Å². The molecule has 0 aromatic heterocycles. The summed E-state index contributed by atoms with van der Waals surface area (Å²) in [4.78, 5) is 12.4. The Bertz CT molecular complexity index is 870. The summed E-state index contributed by atoms with van der Waals surface area (Å²) in [6.45, 7) is 4.88. The summed E-state index contributed by atoms with van der Waals surface area (Å²) in [5.74, 6) is 1.63. The molecule has 1 saturated carbocycles. The monoisotopic (exact) mass is 586 g/mol. The number of hydrogen-bond acceptors (Lipinski definition) is 5. The van der Waals surface area contributed by atoms with Gasteiger partial charge in [-0.15, -0.1) is 0 Å². The third kappa shape index (κ3) is 12.2. The Morgan fingerprint density at radius 1 is 0.857 bits per heavy atom. The van der Waals surface area contributed by atoms with Crippen LogP contribution in [0.5, 0.6) is 5.75 Å². The Morgan fingerprint density at radius 3 is 2.19 bits per heavy atom. The molecule has 0 spiro atoms. The molecule has 5 nitrogen and oxygen atoms in total. The molecule has 5 atom stereocenters. The predicted octanol–water partition coefficient (Wildman–Crippen LogP) is 8.74. The minimum absolute atomic E-state index is 0.0516. The lowest BCUT2D eigenvalue weighted by Gasteiger charge is -2.32. The summed E-state index contributed by atoms with van der Waals surface area (Å²) in [5, 5.41) is 21.3. The largest absolute Gasteiger partial charge is 0.482 e. The van der Waals surface area contributed by atoms with Gasteiger partial charge in [-0.3, -0.25) is 0 Å². The Labute approximate surface area is 257 Å². The van der Waals surface area contributed by atoms with Gasteiger partial charge in [-0.25, -0.2) is 4.79 Å². The number of carbonyl (C=O) groups excluding carboxylic acids is 1. The molecule has 2 aliphatic carbocycles. The lowest BCUT2D eigenvalue weighted by atomic mass is 9.73. The number of fused-ring (bicyclic) bond motifs is 2. The van der Waals surface area contributed by atoms with E-state index in [2.05, 4.69) is 19.9 Å². The first kappa shape index (κ1) is 34.9. The van der Waals surface area contributed by atoms with Gasteiger partial charge < -0.3 is 19.7 Å². The fourth-order valence-corrected chi connectivity index (χ4v) is 7.41. The van der Waals surface area contributed by atoms with Crippen molar-refractivity contribution in [3.05, 3.63) is 29.3 Å². The summed E-state index contributed by atoms with van der Waals surface area (Å²) in [7, 11) is 0. The summed E-state index contributed by atoms with van der Waals surface area (Å²) in [6, 6.07) is 6.16. The van der Waals surface area contributed by atoms with Crippen molar-refractivity contribution in [3.8, 4) is 5.75 Å². The van der Waals surface area contributed by atoms with Crippen molar-refractivity contribution in [2.75, 3.05) is 13.2 Å². The van der Waals surface area contributed by atoms with Crippen molar-refractivity contribution in [1.29, 1.82) is 0 Å². The van der Waals surface area contributed by atoms with Crippen LogP contribution in [0.2, 0.25) is 0 Å². The van der Waals surface area contributed by atoms with E-state index in [1.165, 1.54) is 88.2 Å². The number of benzene rings is 1. The molecule has 0 radical (unpaired) electrons. The summed E-state index contributed by atoms with van der Waals surface area (Å²) >= 11 is 0. The molecule has 240 valence electrons. The zero-order valence-electron chi connectivity index (χ0n) is 27.0. The van der Waals surface area contributed by atoms with Gasteiger partial charge in [0.1, 0.15) is 5.75 Å². The van der Waals surface area contributed by atoms with Gasteiger partial charge in [0.25, 0.3) is 0 Å². The van der Waals surface area contributed by atoms with Gasteiger partial charge in [0, 0.05) is 0 Å². The highest BCUT2D eigenvalue weighted by Gasteiger charge is 2.44. The van der Waals surface area contributed by atoms with Gasteiger partial charge in [-0.05, 0) is 79.9 Å². The first-order valence-electron chi connectivity index (χ1n) is 17.8. The maximum Gasteiger partial charge on any atom is 0.344 e. The van der Waals surface area contributed by atoms with Crippen LogP contribution >= 0.6 is 0 Å². The van der Waals surface area contributed by atoms with Crippen LogP contribution in [0, 0.1) is 17.8 Å². The lowest BCUT2D eigenvalue weighted by molar-refractivity contribution is -0.146. The van der Waals surface area contributed by atoms with E-state index in [0.717, 1.165) is 63.5 Å². The number of esters is 1. The van der Waals surface area contributed by atoms with Crippen molar-refractivity contribution >= 4 is 5.97 Å². The third-order valence-electron chi connectivity index (χ3n) is 9.93. The van der Waals surface area contributed by atoms with E-state index in [-0.39, 0.29) is 30.7 Å². The first-order valence-corrected chi connectivity index (χ1v) is 17.8. The maximum atomic E-state index is 12.4. The molecule has 0 aliphatic heterocycles. The molecule has 42 heavy (non-hydrogen) atoms. The Kier molecular flexibility index (Phi) is 16.9. The Hall–Kier alpha value is -1.59. The second kappa shape index (κ2) is 20.4. The highest BCUT2D eigenvalue weighted by Crippen LogP contribution is 2.48. The van der Waals surface area contributed by atoms with Crippen LogP contribution in [0.15, 0.2) is 18.2 Å². The summed E-state index contributed by atoms with van der Waals surface area (Å²) in [5.41, 5.74) is 2.47. The van der Waals surface area contributed by atoms with Gasteiger partial charge in [0.2, 0.25) is 0 Å². The van der Waals surface area contributed by atoms with E-state index in [0.29, 0.717) is 18.4 Å². The quantitative estimate of drug-likeness (QED) is 0.0990. The smallest absolute Gasteiger partial charge is 0.344 e. The molecular formula is C37H62O5. The second-order valence-corrected chi connectivity index (χ2v) is 13.3. The van der Waals surface area contributed by atoms with Crippen molar-refractivity contribution in [2.24, 2.45) is 17.8 Å². The molecule has 0 heterocycles. The molecule has 5 heteroatoms. The van der Waals surface area contributed by atoms with Crippen LogP contribution < -0.4 is 4.74 Å². The molecule has 0 bridgehead atoms. The fraction of sp³-hybridized carbons (Fsp3) is 0.811. The molecule has 1 aromatic carbocycles. The van der Waals surface area contributed by atoms with Crippen LogP contribution in [0.3, 0.4) is 0 Å². The van der Waals surface area contributed by atoms with E-state index in [1.807, 2.05) is 12.1 Å². The maximum absolute atomic E-state index is 12.4. The molecule has 0 unspecified atom stereocenters. The molecule has 3 rings (SSSR count).